The summed E-state index contributed by atoms with van der Waals surface area (Å²) < 4.78 is 42.0. The molecule has 2 aromatic carbocycles. The molecule has 0 radical (unpaired) electrons. The van der Waals surface area contributed by atoms with Gasteiger partial charge < -0.3 is 19.1 Å². The molecule has 1 saturated heterocycles. The molecule has 9 heteroatoms. The van der Waals surface area contributed by atoms with Gasteiger partial charge in [-0.15, -0.1) is 0 Å². The molecule has 0 spiro atoms. The lowest BCUT2D eigenvalue weighted by Gasteiger charge is -2.35. The van der Waals surface area contributed by atoms with Crippen LogP contribution in [0, 0.1) is 0 Å². The predicted octanol–water partition coefficient (Wildman–Crippen LogP) is 3.78. The predicted molar refractivity (Wildman–Crippen MR) is 109 cm³/mol. The second-order valence-electron chi connectivity index (χ2n) is 7.03. The number of hydrogen-bond acceptors (Lipinski definition) is 5. The third kappa shape index (κ3) is 4.67. The third-order valence-electron chi connectivity index (χ3n) is 5.10. The minimum atomic E-state index is -2.97. The highest BCUT2D eigenvalue weighted by Gasteiger charge is 2.26. The van der Waals surface area contributed by atoms with E-state index >= 15 is 0 Å². The van der Waals surface area contributed by atoms with Gasteiger partial charge in [-0.05, 0) is 29.8 Å². The van der Waals surface area contributed by atoms with Crippen LogP contribution in [0.4, 0.5) is 8.78 Å². The first-order valence-electron chi connectivity index (χ1n) is 9.65. The first-order chi connectivity index (χ1) is 14.5. The van der Waals surface area contributed by atoms with Crippen LogP contribution < -0.4 is 14.2 Å². The maximum atomic E-state index is 12.8. The Labute approximate surface area is 181 Å². The van der Waals surface area contributed by atoms with E-state index in [1.54, 1.807) is 17.0 Å². The van der Waals surface area contributed by atoms with Crippen molar-refractivity contribution in [3.63, 3.8) is 0 Å². The standard InChI is InChI=1S/C21H21BrF2N2O4/c22-16-12-19-18(28-9-10-29-19)11-14(16)13-25-5-7-26(8-6-25)20(27)15-3-1-2-4-17(15)30-21(23)24/h1-4,11-12,21H,5-10,13H2. The number of piperazine rings is 1. The number of ether oxygens (including phenoxy) is 3. The molecule has 0 atom stereocenters. The number of fused-ring (bicyclic) bond motifs is 1. The lowest BCUT2D eigenvalue weighted by Crippen LogP contribution is -2.48. The van der Waals surface area contributed by atoms with E-state index in [0.29, 0.717) is 45.9 Å². The van der Waals surface area contributed by atoms with E-state index < -0.39 is 6.61 Å². The van der Waals surface area contributed by atoms with Crippen molar-refractivity contribution in [3.8, 4) is 17.2 Å². The van der Waals surface area contributed by atoms with Crippen LogP contribution in [0.5, 0.6) is 17.2 Å². The Balaban J connectivity index is 1.38. The van der Waals surface area contributed by atoms with E-state index in [1.165, 1.54) is 12.1 Å². The number of amides is 1. The van der Waals surface area contributed by atoms with Crippen LogP contribution >= 0.6 is 15.9 Å². The number of alkyl halides is 2. The molecule has 2 aromatic rings. The topological polar surface area (TPSA) is 51.2 Å². The number of nitrogens with zero attached hydrogens (tertiary/aromatic N) is 2. The SMILES string of the molecule is O=C(c1ccccc1OC(F)F)N1CCN(Cc2cc3c(cc2Br)OCCO3)CC1. The quantitative estimate of drug-likeness (QED) is 0.648. The van der Waals surface area contributed by atoms with Crippen molar-refractivity contribution in [1.82, 2.24) is 9.80 Å². The molecular weight excluding hydrogens is 462 g/mol. The first-order valence-corrected chi connectivity index (χ1v) is 10.4. The largest absolute Gasteiger partial charge is 0.486 e. The Kier molecular flexibility index (Phi) is 6.38. The fourth-order valence-electron chi connectivity index (χ4n) is 3.59. The van der Waals surface area contributed by atoms with Gasteiger partial charge in [0, 0.05) is 37.2 Å². The molecule has 1 fully saturated rings. The average molecular weight is 483 g/mol. The molecule has 2 heterocycles. The van der Waals surface area contributed by atoms with E-state index in [1.807, 2.05) is 12.1 Å². The van der Waals surface area contributed by atoms with Crippen LogP contribution in [-0.4, -0.2) is 61.7 Å². The molecule has 0 bridgehead atoms. The van der Waals surface area contributed by atoms with Crippen LogP contribution in [0.1, 0.15) is 15.9 Å². The Hall–Kier alpha value is -2.39. The van der Waals surface area contributed by atoms with Gasteiger partial charge in [-0.1, -0.05) is 28.1 Å². The lowest BCUT2D eigenvalue weighted by molar-refractivity contribution is -0.0503. The van der Waals surface area contributed by atoms with E-state index in [2.05, 4.69) is 25.6 Å². The summed E-state index contributed by atoms with van der Waals surface area (Å²) in [6.07, 6.45) is 0. The zero-order chi connectivity index (χ0) is 21.1. The van der Waals surface area contributed by atoms with Gasteiger partial charge in [0.25, 0.3) is 5.91 Å². The van der Waals surface area contributed by atoms with E-state index in [0.717, 1.165) is 21.5 Å². The summed E-state index contributed by atoms with van der Waals surface area (Å²) in [5, 5.41) is 0. The summed E-state index contributed by atoms with van der Waals surface area (Å²) in [7, 11) is 0. The molecule has 1 amide bonds. The van der Waals surface area contributed by atoms with Gasteiger partial charge in [0.2, 0.25) is 0 Å². The van der Waals surface area contributed by atoms with Crippen LogP contribution in [0.3, 0.4) is 0 Å². The monoisotopic (exact) mass is 482 g/mol. The van der Waals surface area contributed by atoms with Gasteiger partial charge >= 0.3 is 6.61 Å². The highest BCUT2D eigenvalue weighted by atomic mass is 79.9. The summed E-state index contributed by atoms with van der Waals surface area (Å²) in [6.45, 7) is 1.15. The van der Waals surface area contributed by atoms with Crippen molar-refractivity contribution >= 4 is 21.8 Å². The highest BCUT2D eigenvalue weighted by Crippen LogP contribution is 2.36. The smallest absolute Gasteiger partial charge is 0.387 e. The van der Waals surface area contributed by atoms with E-state index in [4.69, 9.17) is 9.47 Å². The maximum Gasteiger partial charge on any atom is 0.387 e. The fraction of sp³-hybridized carbons (Fsp3) is 0.381. The van der Waals surface area contributed by atoms with Crippen molar-refractivity contribution in [1.29, 1.82) is 0 Å². The maximum absolute atomic E-state index is 12.8. The van der Waals surface area contributed by atoms with Gasteiger partial charge in [0.1, 0.15) is 19.0 Å². The number of hydrogen-bond donors (Lipinski definition) is 0. The first kappa shape index (κ1) is 20.9. The number of carbonyl (C=O) groups excluding carboxylic acids is 1. The summed E-state index contributed by atoms with van der Waals surface area (Å²) in [5.74, 6) is 1.08. The van der Waals surface area contributed by atoms with E-state index in [9.17, 15) is 13.6 Å². The highest BCUT2D eigenvalue weighted by molar-refractivity contribution is 9.10. The number of rotatable bonds is 5. The molecule has 0 unspecified atom stereocenters. The Morgan fingerprint density at radius 2 is 1.73 bits per heavy atom. The van der Waals surface area contributed by atoms with Crippen LogP contribution in [0.15, 0.2) is 40.9 Å². The Morgan fingerprint density at radius 1 is 1.07 bits per heavy atom. The van der Waals surface area contributed by atoms with Crippen molar-refractivity contribution in [3.05, 3.63) is 52.0 Å². The van der Waals surface area contributed by atoms with Crippen molar-refractivity contribution in [2.24, 2.45) is 0 Å². The van der Waals surface area contributed by atoms with Crippen LogP contribution in [-0.2, 0) is 6.54 Å². The van der Waals surface area contributed by atoms with E-state index in [-0.39, 0.29) is 17.2 Å². The molecule has 2 aliphatic heterocycles. The van der Waals surface area contributed by atoms with Crippen LogP contribution in [0.25, 0.3) is 0 Å². The number of carbonyl (C=O) groups is 1. The second-order valence-corrected chi connectivity index (χ2v) is 7.88. The normalized spacial score (nSPS) is 16.6. The molecule has 6 nitrogen and oxygen atoms in total. The van der Waals surface area contributed by atoms with Crippen LogP contribution in [0.2, 0.25) is 0 Å². The third-order valence-corrected chi connectivity index (χ3v) is 5.84. The molecule has 0 saturated carbocycles. The molecule has 0 aromatic heterocycles. The second kappa shape index (κ2) is 9.18. The van der Waals surface area contributed by atoms with Gasteiger partial charge in [-0.2, -0.15) is 8.78 Å². The minimum Gasteiger partial charge on any atom is -0.486 e. The van der Waals surface area contributed by atoms with Gasteiger partial charge in [0.05, 0.1) is 5.56 Å². The molecule has 0 aliphatic carbocycles. The minimum absolute atomic E-state index is 0.0971. The lowest BCUT2D eigenvalue weighted by atomic mass is 10.1. The number of benzene rings is 2. The summed E-state index contributed by atoms with van der Waals surface area (Å²) >= 11 is 3.59. The van der Waals surface area contributed by atoms with Gasteiger partial charge in [0.15, 0.2) is 11.5 Å². The number of halogens is 3. The molecule has 0 N–H and O–H groups in total. The number of para-hydroxylation sites is 1. The van der Waals surface area contributed by atoms with Crippen molar-refractivity contribution in [2.75, 3.05) is 39.4 Å². The molecular formula is C21H21BrF2N2O4. The zero-order valence-corrected chi connectivity index (χ0v) is 17.7. The Bertz CT molecular complexity index is 920. The van der Waals surface area contributed by atoms with Gasteiger partial charge in [-0.25, -0.2) is 0 Å². The molecule has 4 rings (SSSR count). The molecule has 2 aliphatic rings. The van der Waals surface area contributed by atoms with Gasteiger partial charge in [-0.3, -0.25) is 9.69 Å². The zero-order valence-electron chi connectivity index (χ0n) is 16.2. The average Bonchev–Trinajstić information content (AvgIpc) is 2.74. The summed E-state index contributed by atoms with van der Waals surface area (Å²) in [4.78, 5) is 16.7. The summed E-state index contributed by atoms with van der Waals surface area (Å²) in [6, 6.07) is 10.0. The fourth-order valence-corrected chi connectivity index (χ4v) is 4.04. The Morgan fingerprint density at radius 3 is 2.43 bits per heavy atom. The molecule has 160 valence electrons. The summed E-state index contributed by atoms with van der Waals surface area (Å²) in [5.41, 5.74) is 1.23. The van der Waals surface area contributed by atoms with Crippen molar-refractivity contribution < 1.29 is 27.8 Å². The van der Waals surface area contributed by atoms with Crippen molar-refractivity contribution in [2.45, 2.75) is 13.2 Å². The molecule has 30 heavy (non-hydrogen) atoms.